The molecule has 0 amide bonds. The van der Waals surface area contributed by atoms with Gasteiger partial charge in [-0.05, 0) is 0 Å². The lowest BCUT2D eigenvalue weighted by Gasteiger charge is -2.19. The zero-order valence-corrected chi connectivity index (χ0v) is 11.4. The number of carboxylic acid groups (broad SMARTS) is 1. The van der Waals surface area contributed by atoms with Crippen molar-refractivity contribution in [1.82, 2.24) is 4.98 Å². The van der Waals surface area contributed by atoms with E-state index in [-0.39, 0.29) is 0 Å². The molecule has 0 atom stereocenters. The number of alkyl halides is 7. The van der Waals surface area contributed by atoms with E-state index in [9.17, 15) is 31.1 Å². The molecule has 11 heteroatoms. The normalized spacial score (nSPS) is 12.3. The second kappa shape index (κ2) is 6.08. The first-order valence-corrected chi connectivity index (χ1v) is 6.19. The highest BCUT2D eigenvalue weighted by atomic mass is 79.9. The molecule has 0 aliphatic carbocycles. The van der Waals surface area contributed by atoms with Gasteiger partial charge in [-0.25, -0.2) is 0 Å². The van der Waals surface area contributed by atoms with Crippen LogP contribution in [0, 0.1) is 0 Å². The molecule has 0 spiro atoms. The molecule has 1 aromatic heterocycles. The van der Waals surface area contributed by atoms with Crippen molar-refractivity contribution in [2.75, 3.05) is 0 Å². The molecule has 0 fully saturated rings. The summed E-state index contributed by atoms with van der Waals surface area (Å²) < 4.78 is 78.6. The fraction of sp³-hybridized carbons (Fsp3) is 0.400. The van der Waals surface area contributed by atoms with Gasteiger partial charge in [-0.1, -0.05) is 15.9 Å². The Labute approximate surface area is 121 Å². The number of nitrogens with zero attached hydrogens (tertiary/aromatic N) is 1. The third kappa shape index (κ3) is 4.76. The van der Waals surface area contributed by atoms with Crippen LogP contribution in [0.15, 0.2) is 6.20 Å². The summed E-state index contributed by atoms with van der Waals surface area (Å²) in [5.41, 5.74) is -3.10. The third-order valence-electron chi connectivity index (χ3n) is 2.16. The van der Waals surface area contributed by atoms with Crippen molar-refractivity contribution in [2.24, 2.45) is 0 Å². The van der Waals surface area contributed by atoms with Crippen LogP contribution in [0.25, 0.3) is 0 Å². The smallest absolute Gasteiger partial charge is 0.481 e. The summed E-state index contributed by atoms with van der Waals surface area (Å²) in [7, 11) is 0. The molecule has 0 radical (unpaired) electrons. The van der Waals surface area contributed by atoms with Gasteiger partial charge in [0.2, 0.25) is 0 Å². The summed E-state index contributed by atoms with van der Waals surface area (Å²) >= 11 is 2.62. The molecule has 0 aliphatic rings. The average Bonchev–Trinajstić information content (AvgIpc) is 2.26. The van der Waals surface area contributed by atoms with Gasteiger partial charge in [0, 0.05) is 22.7 Å². The first-order chi connectivity index (χ1) is 9.45. The molecule has 1 N–H and O–H groups in total. The number of rotatable bonds is 4. The van der Waals surface area contributed by atoms with Crippen molar-refractivity contribution >= 4 is 21.9 Å². The maximum absolute atomic E-state index is 12.7. The van der Waals surface area contributed by atoms with Crippen LogP contribution in [0.4, 0.5) is 26.3 Å². The minimum atomic E-state index is -5.27. The Morgan fingerprint density at radius 2 is 1.86 bits per heavy atom. The Kier molecular flexibility index (Phi) is 5.07. The van der Waals surface area contributed by atoms with Crippen LogP contribution in [0.3, 0.4) is 0 Å². The van der Waals surface area contributed by atoms with Gasteiger partial charge >= 0.3 is 18.5 Å². The van der Waals surface area contributed by atoms with E-state index in [1.807, 2.05) is 0 Å². The second-order valence-corrected chi connectivity index (χ2v) is 4.25. The van der Waals surface area contributed by atoms with Crippen LogP contribution in [0.2, 0.25) is 0 Å². The highest BCUT2D eigenvalue weighted by Gasteiger charge is 2.40. The Morgan fingerprint density at radius 1 is 1.29 bits per heavy atom. The average molecular weight is 382 g/mol. The lowest BCUT2D eigenvalue weighted by atomic mass is 10.1. The first kappa shape index (κ1) is 17.5. The molecule has 0 unspecified atom stereocenters. The van der Waals surface area contributed by atoms with Crippen LogP contribution in [0.1, 0.15) is 16.8 Å². The number of halogens is 7. The molecule has 1 aromatic rings. The van der Waals surface area contributed by atoms with Gasteiger partial charge in [0.05, 0.1) is 6.42 Å². The number of hydrogen-bond acceptors (Lipinski definition) is 3. The molecule has 0 bridgehead atoms. The Bertz CT molecular complexity index is 543. The summed E-state index contributed by atoms with van der Waals surface area (Å²) in [5, 5.41) is 7.94. The van der Waals surface area contributed by atoms with E-state index in [0.29, 0.717) is 6.20 Å². The molecule has 21 heavy (non-hydrogen) atoms. The van der Waals surface area contributed by atoms with Crippen LogP contribution in [0.5, 0.6) is 5.75 Å². The van der Waals surface area contributed by atoms with Crippen molar-refractivity contribution in [3.8, 4) is 5.75 Å². The number of aromatic nitrogens is 1. The third-order valence-corrected chi connectivity index (χ3v) is 2.72. The summed E-state index contributed by atoms with van der Waals surface area (Å²) in [4.78, 5) is 13.6. The quantitative estimate of drug-likeness (QED) is 0.640. The minimum Gasteiger partial charge on any atom is -0.481 e. The Hall–Kier alpha value is -1.52. The summed E-state index contributed by atoms with van der Waals surface area (Å²) in [6.07, 6.45) is -10.8. The largest absolute Gasteiger partial charge is 0.573 e. The zero-order valence-electron chi connectivity index (χ0n) is 9.85. The Balaban J connectivity index is 3.52. The number of pyridine rings is 1. The molecule has 1 rings (SSSR count). The van der Waals surface area contributed by atoms with Crippen molar-refractivity contribution in [2.45, 2.75) is 24.3 Å². The van der Waals surface area contributed by atoms with E-state index in [4.69, 9.17) is 5.11 Å². The SMILES string of the molecule is O=C(O)Cc1cnc(C(F)(F)F)c(CBr)c1OC(F)(F)F. The monoisotopic (exact) mass is 381 g/mol. The lowest BCUT2D eigenvalue weighted by Crippen LogP contribution is -2.22. The van der Waals surface area contributed by atoms with E-state index in [1.165, 1.54) is 0 Å². The van der Waals surface area contributed by atoms with E-state index in [0.717, 1.165) is 0 Å². The summed E-state index contributed by atoms with van der Waals surface area (Å²) in [6.45, 7) is 0. The van der Waals surface area contributed by atoms with Crippen LogP contribution in [-0.2, 0) is 22.7 Å². The predicted molar refractivity (Wildman–Crippen MR) is 59.9 cm³/mol. The van der Waals surface area contributed by atoms with Gasteiger partial charge < -0.3 is 9.84 Å². The zero-order chi connectivity index (χ0) is 16.4. The predicted octanol–water partition coefficient (Wildman–Crippen LogP) is 3.52. The molecular weight excluding hydrogens is 376 g/mol. The maximum atomic E-state index is 12.7. The van der Waals surface area contributed by atoms with E-state index in [1.54, 1.807) is 0 Å². The topological polar surface area (TPSA) is 59.4 Å². The number of aliphatic carboxylic acids is 1. The van der Waals surface area contributed by atoms with Gasteiger partial charge in [-0.15, -0.1) is 13.2 Å². The summed E-state index contributed by atoms with van der Waals surface area (Å²) in [5.74, 6) is -2.74. The molecule has 1 heterocycles. The van der Waals surface area contributed by atoms with E-state index >= 15 is 0 Å². The molecule has 0 saturated carbocycles. The van der Waals surface area contributed by atoms with Gasteiger partial charge in [0.1, 0.15) is 5.75 Å². The number of ether oxygens (including phenoxy) is 1. The van der Waals surface area contributed by atoms with Crippen LogP contribution < -0.4 is 4.74 Å². The fourth-order valence-corrected chi connectivity index (χ4v) is 2.00. The van der Waals surface area contributed by atoms with E-state index < -0.39 is 52.8 Å². The van der Waals surface area contributed by atoms with Crippen LogP contribution >= 0.6 is 15.9 Å². The lowest BCUT2D eigenvalue weighted by molar-refractivity contribution is -0.275. The Morgan fingerprint density at radius 3 is 2.24 bits per heavy atom. The van der Waals surface area contributed by atoms with E-state index in [2.05, 4.69) is 25.7 Å². The molecule has 0 aliphatic heterocycles. The fourth-order valence-electron chi connectivity index (χ4n) is 1.48. The summed E-state index contributed by atoms with van der Waals surface area (Å²) in [6, 6.07) is 0. The maximum Gasteiger partial charge on any atom is 0.573 e. The number of carbonyl (C=O) groups is 1. The molecule has 0 aromatic carbocycles. The molecule has 118 valence electrons. The van der Waals surface area contributed by atoms with Crippen LogP contribution in [-0.4, -0.2) is 22.4 Å². The van der Waals surface area contributed by atoms with Crippen molar-refractivity contribution in [1.29, 1.82) is 0 Å². The van der Waals surface area contributed by atoms with Crippen molar-refractivity contribution in [3.05, 3.63) is 23.0 Å². The van der Waals surface area contributed by atoms with Crippen molar-refractivity contribution in [3.63, 3.8) is 0 Å². The van der Waals surface area contributed by atoms with Gasteiger partial charge in [0.25, 0.3) is 0 Å². The molecule has 0 saturated heterocycles. The highest BCUT2D eigenvalue weighted by molar-refractivity contribution is 9.08. The highest BCUT2D eigenvalue weighted by Crippen LogP contribution is 2.39. The second-order valence-electron chi connectivity index (χ2n) is 3.69. The minimum absolute atomic E-state index is 0.407. The van der Waals surface area contributed by atoms with Gasteiger partial charge in [-0.2, -0.15) is 13.2 Å². The standard InChI is InChI=1S/C10H6BrF6NO3/c11-2-5-7(21-10(15,16)17)4(1-6(19)20)3-18-8(5)9(12,13)14/h3H,1-2H2,(H,19,20). The first-order valence-electron chi connectivity index (χ1n) is 5.07. The number of carboxylic acids is 1. The number of hydrogen-bond donors (Lipinski definition) is 1. The molecular formula is C10H6BrF6NO3. The van der Waals surface area contributed by atoms with Gasteiger partial charge in [-0.3, -0.25) is 9.78 Å². The van der Waals surface area contributed by atoms with Crippen molar-refractivity contribution < 1.29 is 41.0 Å². The molecule has 4 nitrogen and oxygen atoms in total. The van der Waals surface area contributed by atoms with Gasteiger partial charge in [0.15, 0.2) is 5.69 Å².